The van der Waals surface area contributed by atoms with Gasteiger partial charge in [0.05, 0.1) is 5.69 Å². The Morgan fingerprint density at radius 2 is 1.13 bits per heavy atom. The van der Waals surface area contributed by atoms with Gasteiger partial charge in [0.2, 0.25) is 0 Å². The molecule has 0 saturated heterocycles. The van der Waals surface area contributed by atoms with Crippen molar-refractivity contribution in [2.45, 2.75) is 31.9 Å². The molecule has 1 heterocycles. The van der Waals surface area contributed by atoms with Gasteiger partial charge >= 0.3 is 18.0 Å². The van der Waals surface area contributed by atoms with Crippen LogP contribution in [-0.4, -0.2) is 16.9 Å². The zero-order valence-electron chi connectivity index (χ0n) is 12.1. The van der Waals surface area contributed by atoms with Crippen molar-refractivity contribution in [2.24, 2.45) is 0 Å². The van der Waals surface area contributed by atoms with Gasteiger partial charge in [-0.25, -0.2) is 4.39 Å². The van der Waals surface area contributed by atoms with Crippen LogP contribution in [0.5, 0.6) is 0 Å². The lowest BCUT2D eigenvalue weighted by molar-refractivity contribution is -0.348. The Balaban J connectivity index is 2.69. The molecule has 0 N–H and O–H groups in total. The lowest BCUT2D eigenvalue weighted by Gasteiger charge is -2.31. The van der Waals surface area contributed by atoms with E-state index in [2.05, 4.69) is 0 Å². The molecule has 0 saturated carbocycles. The molecule has 0 atom stereocenters. The Morgan fingerprint density at radius 3 is 1.48 bits per heavy atom. The molecule has 0 bridgehead atoms. The second-order valence-electron chi connectivity index (χ2n) is 5.20. The summed E-state index contributed by atoms with van der Waals surface area (Å²) in [6.45, 7) is 2.66. The van der Waals surface area contributed by atoms with Gasteiger partial charge in [-0.05, 0) is 37.1 Å². The standard InChI is InChI=1S/C15H12F7N/c1-9-7-11(13(16,14(17,18)19)15(20,21)22)8-10(2)12(9)23-5-3-4-6-23/h3-8H,1-2H3. The molecular formula is C15H12F7N. The molecule has 23 heavy (non-hydrogen) atoms. The van der Waals surface area contributed by atoms with Crippen LogP contribution in [0.25, 0.3) is 5.69 Å². The van der Waals surface area contributed by atoms with E-state index in [0.29, 0.717) is 17.8 Å². The molecule has 0 unspecified atom stereocenters. The monoisotopic (exact) mass is 339 g/mol. The van der Waals surface area contributed by atoms with Crippen LogP contribution >= 0.6 is 0 Å². The van der Waals surface area contributed by atoms with E-state index < -0.39 is 23.6 Å². The Morgan fingerprint density at radius 1 is 0.739 bits per heavy atom. The lowest BCUT2D eigenvalue weighted by atomic mass is 9.90. The number of hydrogen-bond donors (Lipinski definition) is 0. The maximum atomic E-state index is 14.1. The van der Waals surface area contributed by atoms with Gasteiger partial charge in [-0.15, -0.1) is 0 Å². The van der Waals surface area contributed by atoms with Gasteiger partial charge < -0.3 is 4.57 Å². The summed E-state index contributed by atoms with van der Waals surface area (Å²) < 4.78 is 92.6. The van der Waals surface area contributed by atoms with Crippen molar-refractivity contribution < 1.29 is 30.7 Å². The minimum absolute atomic E-state index is 0.103. The van der Waals surface area contributed by atoms with E-state index in [4.69, 9.17) is 0 Å². The first-order chi connectivity index (χ1) is 10.4. The fourth-order valence-electron chi connectivity index (χ4n) is 2.53. The smallest absolute Gasteiger partial charge is 0.323 e. The van der Waals surface area contributed by atoms with Crippen LogP contribution in [0, 0.1) is 13.8 Å². The molecule has 0 aliphatic rings. The highest BCUT2D eigenvalue weighted by Crippen LogP contribution is 2.53. The molecule has 0 spiro atoms. The molecule has 1 nitrogen and oxygen atoms in total. The van der Waals surface area contributed by atoms with Crippen LogP contribution in [-0.2, 0) is 5.67 Å². The van der Waals surface area contributed by atoms with Gasteiger partial charge in [-0.2, -0.15) is 26.3 Å². The normalized spacial score (nSPS) is 13.4. The first-order valence-corrected chi connectivity index (χ1v) is 6.47. The Labute approximate surface area is 127 Å². The van der Waals surface area contributed by atoms with E-state index in [9.17, 15) is 30.7 Å². The molecule has 0 aliphatic carbocycles. The van der Waals surface area contributed by atoms with Gasteiger partial charge in [0.15, 0.2) is 0 Å². The van der Waals surface area contributed by atoms with Crippen LogP contribution < -0.4 is 0 Å². The SMILES string of the molecule is Cc1cc(C(F)(C(F)(F)F)C(F)(F)F)cc(C)c1-n1cccc1. The van der Waals surface area contributed by atoms with Crippen LogP contribution in [0.2, 0.25) is 0 Å². The summed E-state index contributed by atoms with van der Waals surface area (Å²) in [5.74, 6) is 0. The van der Waals surface area contributed by atoms with Gasteiger partial charge in [0.1, 0.15) is 0 Å². The van der Waals surface area contributed by atoms with E-state index in [1.807, 2.05) is 0 Å². The number of hydrogen-bond acceptors (Lipinski definition) is 0. The van der Waals surface area contributed by atoms with Crippen molar-refractivity contribution in [1.82, 2.24) is 4.57 Å². The van der Waals surface area contributed by atoms with E-state index in [1.165, 1.54) is 18.4 Å². The molecule has 0 radical (unpaired) electrons. The molecule has 0 aliphatic heterocycles. The summed E-state index contributed by atoms with van der Waals surface area (Å²) >= 11 is 0. The van der Waals surface area contributed by atoms with Crippen molar-refractivity contribution in [3.63, 3.8) is 0 Å². The maximum absolute atomic E-state index is 14.1. The number of alkyl halides is 7. The Kier molecular flexibility index (Phi) is 3.99. The highest BCUT2D eigenvalue weighted by atomic mass is 19.4. The number of aromatic nitrogens is 1. The first-order valence-electron chi connectivity index (χ1n) is 6.47. The number of rotatable bonds is 2. The number of halogens is 7. The van der Waals surface area contributed by atoms with E-state index in [0.717, 1.165) is 0 Å². The van der Waals surface area contributed by atoms with E-state index >= 15 is 0 Å². The Hall–Kier alpha value is -1.99. The van der Waals surface area contributed by atoms with Gasteiger partial charge in [-0.1, -0.05) is 12.1 Å². The summed E-state index contributed by atoms with van der Waals surface area (Å²) in [5, 5.41) is 0. The summed E-state index contributed by atoms with van der Waals surface area (Å²) in [7, 11) is 0. The molecule has 1 aromatic heterocycles. The third kappa shape index (κ3) is 2.70. The summed E-state index contributed by atoms with van der Waals surface area (Å²) in [4.78, 5) is 0. The quantitative estimate of drug-likeness (QED) is 0.647. The Bertz CT molecular complexity index is 659. The molecular weight excluding hydrogens is 327 g/mol. The second-order valence-corrected chi connectivity index (χ2v) is 5.20. The largest absolute Gasteiger partial charge is 0.435 e. The summed E-state index contributed by atoms with van der Waals surface area (Å²) in [6.07, 6.45) is -9.05. The van der Waals surface area contributed by atoms with Crippen LogP contribution in [0.4, 0.5) is 30.7 Å². The van der Waals surface area contributed by atoms with Gasteiger partial charge in [0.25, 0.3) is 0 Å². The molecule has 0 amide bonds. The minimum atomic E-state index is -6.11. The van der Waals surface area contributed by atoms with Crippen LogP contribution in [0.1, 0.15) is 16.7 Å². The van der Waals surface area contributed by atoms with Crippen LogP contribution in [0.3, 0.4) is 0 Å². The molecule has 2 rings (SSSR count). The number of aryl methyl sites for hydroxylation is 2. The minimum Gasteiger partial charge on any atom is -0.323 e. The van der Waals surface area contributed by atoms with Crippen LogP contribution in [0.15, 0.2) is 36.7 Å². The highest BCUT2D eigenvalue weighted by Gasteiger charge is 2.73. The molecule has 1 aromatic carbocycles. The lowest BCUT2D eigenvalue weighted by Crippen LogP contribution is -2.50. The van der Waals surface area contributed by atoms with Crippen molar-refractivity contribution in [2.75, 3.05) is 0 Å². The molecule has 2 aromatic rings. The topological polar surface area (TPSA) is 4.93 Å². The number of nitrogens with zero attached hydrogens (tertiary/aromatic N) is 1. The molecule has 8 heteroatoms. The zero-order chi connectivity index (χ0) is 17.6. The first kappa shape index (κ1) is 17.4. The van der Waals surface area contributed by atoms with Crippen molar-refractivity contribution in [3.8, 4) is 5.69 Å². The number of benzene rings is 1. The maximum Gasteiger partial charge on any atom is 0.435 e. The average Bonchev–Trinajstić information content (AvgIpc) is 2.87. The molecule has 0 fully saturated rings. The van der Waals surface area contributed by atoms with E-state index in [-0.39, 0.29) is 11.1 Å². The zero-order valence-corrected chi connectivity index (χ0v) is 12.1. The average molecular weight is 339 g/mol. The predicted octanol–water partition coefficient (Wildman–Crippen LogP) is 5.38. The molecule has 126 valence electrons. The summed E-state index contributed by atoms with van der Waals surface area (Å²) in [6, 6.07) is 4.47. The predicted molar refractivity (Wildman–Crippen MR) is 70.1 cm³/mol. The van der Waals surface area contributed by atoms with Gasteiger partial charge in [0, 0.05) is 18.0 Å². The second kappa shape index (κ2) is 5.28. The van der Waals surface area contributed by atoms with E-state index in [1.54, 1.807) is 24.5 Å². The third-order valence-electron chi connectivity index (χ3n) is 3.53. The summed E-state index contributed by atoms with van der Waals surface area (Å²) in [5.41, 5.74) is -6.27. The highest BCUT2D eigenvalue weighted by molar-refractivity contribution is 5.51. The fraction of sp³-hybridized carbons (Fsp3) is 0.333. The third-order valence-corrected chi connectivity index (χ3v) is 3.53. The van der Waals surface area contributed by atoms with Crippen molar-refractivity contribution >= 4 is 0 Å². The van der Waals surface area contributed by atoms with Crippen molar-refractivity contribution in [3.05, 3.63) is 53.3 Å². The van der Waals surface area contributed by atoms with Crippen molar-refractivity contribution in [1.29, 1.82) is 0 Å². The van der Waals surface area contributed by atoms with Gasteiger partial charge in [-0.3, -0.25) is 0 Å². The fourth-order valence-corrected chi connectivity index (χ4v) is 2.53.